The van der Waals surface area contributed by atoms with Crippen molar-refractivity contribution in [2.45, 2.75) is 13.5 Å². The quantitative estimate of drug-likeness (QED) is 0.172. The highest BCUT2D eigenvalue weighted by Gasteiger charge is 2.14. The van der Waals surface area contributed by atoms with Crippen LogP contribution >= 0.6 is 0 Å². The molecule has 7 heteroatoms. The van der Waals surface area contributed by atoms with Crippen molar-refractivity contribution in [3.8, 4) is 28.5 Å². The van der Waals surface area contributed by atoms with E-state index in [1.165, 1.54) is 0 Å². The lowest BCUT2D eigenvalue weighted by Crippen LogP contribution is -2.18. The molecule has 1 heterocycles. The van der Waals surface area contributed by atoms with Crippen molar-refractivity contribution < 1.29 is 19.0 Å². The molecule has 7 nitrogen and oxygen atoms in total. The van der Waals surface area contributed by atoms with E-state index in [0.29, 0.717) is 23.7 Å². The number of para-hydroxylation sites is 1. The van der Waals surface area contributed by atoms with Crippen LogP contribution in [0.15, 0.2) is 102 Å². The Morgan fingerprint density at radius 1 is 0.875 bits per heavy atom. The summed E-state index contributed by atoms with van der Waals surface area (Å²) >= 11 is 0. The number of nitrogens with one attached hydrogen (secondary N) is 1. The van der Waals surface area contributed by atoms with Gasteiger partial charge in [0, 0.05) is 16.5 Å². The van der Waals surface area contributed by atoms with Crippen LogP contribution in [-0.4, -0.2) is 31.3 Å². The van der Waals surface area contributed by atoms with Gasteiger partial charge in [-0.25, -0.2) is 10.4 Å². The van der Waals surface area contributed by atoms with Gasteiger partial charge in [-0.1, -0.05) is 42.5 Å². The van der Waals surface area contributed by atoms with Gasteiger partial charge in [0.25, 0.3) is 5.91 Å². The molecule has 0 saturated heterocycles. The first-order valence-electron chi connectivity index (χ1n) is 12.8. The van der Waals surface area contributed by atoms with E-state index in [1.54, 1.807) is 20.4 Å². The minimum absolute atomic E-state index is 0.300. The number of nitrogens with zero attached hydrogens (tertiary/aromatic N) is 2. The van der Waals surface area contributed by atoms with Gasteiger partial charge in [-0.15, -0.1) is 0 Å². The zero-order valence-electron chi connectivity index (χ0n) is 22.5. The van der Waals surface area contributed by atoms with Crippen molar-refractivity contribution in [2.75, 3.05) is 14.2 Å². The van der Waals surface area contributed by atoms with Gasteiger partial charge in [-0.3, -0.25) is 4.79 Å². The van der Waals surface area contributed by atoms with E-state index in [2.05, 4.69) is 10.5 Å². The number of ether oxygens (including phenoxy) is 3. The predicted octanol–water partition coefficient (Wildman–Crippen LogP) is 6.57. The molecule has 0 aliphatic rings. The molecule has 1 amide bonds. The van der Waals surface area contributed by atoms with Gasteiger partial charge in [-0.2, -0.15) is 5.10 Å². The second kappa shape index (κ2) is 12.1. The number of methoxy groups -OCH3 is 2. The molecule has 0 bridgehead atoms. The molecule has 1 aromatic heterocycles. The fraction of sp³-hybridized carbons (Fsp3) is 0.121. The Hall–Kier alpha value is -5.17. The Labute approximate surface area is 233 Å². The Balaban J connectivity index is 1.34. The SMILES string of the molecule is COc1ccc(OCc2cc(/C=N/NC(=O)c3cc(-c4ccccc4C)nc4ccccc34)ccc2OC)cc1. The molecule has 0 unspecified atom stereocenters. The Morgan fingerprint density at radius 2 is 1.62 bits per heavy atom. The summed E-state index contributed by atoms with van der Waals surface area (Å²) in [5, 5.41) is 5.00. The van der Waals surface area contributed by atoms with Crippen LogP contribution in [0.5, 0.6) is 17.2 Å². The topological polar surface area (TPSA) is 82.0 Å². The first-order chi connectivity index (χ1) is 19.6. The van der Waals surface area contributed by atoms with Crippen LogP contribution in [0, 0.1) is 6.92 Å². The summed E-state index contributed by atoms with van der Waals surface area (Å²) < 4.78 is 16.6. The molecule has 200 valence electrons. The summed E-state index contributed by atoms with van der Waals surface area (Å²) in [6.07, 6.45) is 1.60. The van der Waals surface area contributed by atoms with E-state index in [-0.39, 0.29) is 5.91 Å². The molecule has 1 N–H and O–H groups in total. The number of carbonyl (C=O) groups excluding carboxylic acids is 1. The van der Waals surface area contributed by atoms with E-state index in [4.69, 9.17) is 19.2 Å². The molecular formula is C33H29N3O4. The summed E-state index contributed by atoms with van der Waals surface area (Å²) in [6.45, 7) is 2.33. The van der Waals surface area contributed by atoms with Gasteiger partial charge in [0.05, 0.1) is 37.2 Å². The van der Waals surface area contributed by atoms with Crippen molar-refractivity contribution in [3.05, 3.63) is 119 Å². The van der Waals surface area contributed by atoms with Crippen molar-refractivity contribution in [1.29, 1.82) is 0 Å². The zero-order chi connectivity index (χ0) is 27.9. The third-order valence-corrected chi connectivity index (χ3v) is 6.52. The summed E-state index contributed by atoms with van der Waals surface area (Å²) in [5.41, 5.74) is 8.36. The van der Waals surface area contributed by atoms with Gasteiger partial charge in [0.1, 0.15) is 23.9 Å². The number of rotatable bonds is 9. The predicted molar refractivity (Wildman–Crippen MR) is 157 cm³/mol. The molecule has 5 rings (SSSR count). The molecule has 0 aliphatic carbocycles. The molecule has 0 aliphatic heterocycles. The van der Waals surface area contributed by atoms with Crippen molar-refractivity contribution in [2.24, 2.45) is 5.10 Å². The molecule has 40 heavy (non-hydrogen) atoms. The third-order valence-electron chi connectivity index (χ3n) is 6.52. The molecule has 0 fully saturated rings. The van der Waals surface area contributed by atoms with Crippen LogP contribution in [0.2, 0.25) is 0 Å². The lowest BCUT2D eigenvalue weighted by molar-refractivity contribution is 0.0956. The van der Waals surface area contributed by atoms with Crippen LogP contribution < -0.4 is 19.6 Å². The molecule has 0 spiro atoms. The van der Waals surface area contributed by atoms with E-state index < -0.39 is 0 Å². The number of hydrogen-bond acceptors (Lipinski definition) is 6. The highest BCUT2D eigenvalue weighted by Crippen LogP contribution is 2.27. The maximum absolute atomic E-state index is 13.3. The number of hydrazone groups is 1. The second-order valence-electron chi connectivity index (χ2n) is 9.12. The van der Waals surface area contributed by atoms with E-state index in [0.717, 1.165) is 44.6 Å². The lowest BCUT2D eigenvalue weighted by atomic mass is 10.0. The largest absolute Gasteiger partial charge is 0.497 e. The second-order valence-corrected chi connectivity index (χ2v) is 9.12. The highest BCUT2D eigenvalue weighted by molar-refractivity contribution is 6.07. The number of carbonyl (C=O) groups is 1. The van der Waals surface area contributed by atoms with Crippen molar-refractivity contribution >= 4 is 23.0 Å². The van der Waals surface area contributed by atoms with E-state index in [9.17, 15) is 4.79 Å². The van der Waals surface area contributed by atoms with Gasteiger partial charge in [0.2, 0.25) is 0 Å². The summed E-state index contributed by atoms with van der Waals surface area (Å²) in [4.78, 5) is 18.1. The Bertz CT molecular complexity index is 1680. The smallest absolute Gasteiger partial charge is 0.272 e. The van der Waals surface area contributed by atoms with Gasteiger partial charge in [-0.05, 0) is 72.6 Å². The Kier molecular flexibility index (Phi) is 8.02. The number of amides is 1. The zero-order valence-corrected chi connectivity index (χ0v) is 22.5. The molecule has 0 saturated carbocycles. The number of pyridine rings is 1. The first kappa shape index (κ1) is 26.4. The van der Waals surface area contributed by atoms with Crippen LogP contribution in [-0.2, 0) is 6.61 Å². The number of aromatic nitrogens is 1. The number of aryl methyl sites for hydroxylation is 1. The van der Waals surface area contributed by atoms with Gasteiger partial charge < -0.3 is 14.2 Å². The van der Waals surface area contributed by atoms with E-state index >= 15 is 0 Å². The summed E-state index contributed by atoms with van der Waals surface area (Å²) in [5.74, 6) is 1.85. The lowest BCUT2D eigenvalue weighted by Gasteiger charge is -2.12. The first-order valence-corrected chi connectivity index (χ1v) is 12.8. The van der Waals surface area contributed by atoms with Crippen molar-refractivity contribution in [3.63, 3.8) is 0 Å². The highest BCUT2D eigenvalue weighted by atomic mass is 16.5. The van der Waals surface area contributed by atoms with Gasteiger partial charge in [0.15, 0.2) is 0 Å². The molecular weight excluding hydrogens is 502 g/mol. The average molecular weight is 532 g/mol. The minimum Gasteiger partial charge on any atom is -0.497 e. The monoisotopic (exact) mass is 531 g/mol. The number of fused-ring (bicyclic) bond motifs is 1. The fourth-order valence-corrected chi connectivity index (χ4v) is 4.41. The number of benzene rings is 4. The van der Waals surface area contributed by atoms with Gasteiger partial charge >= 0.3 is 0 Å². The normalized spacial score (nSPS) is 11.0. The maximum atomic E-state index is 13.3. The summed E-state index contributed by atoms with van der Waals surface area (Å²) in [6, 6.07) is 30.4. The van der Waals surface area contributed by atoms with Crippen LogP contribution in [0.3, 0.4) is 0 Å². The third kappa shape index (κ3) is 5.94. The van der Waals surface area contributed by atoms with Crippen molar-refractivity contribution in [1.82, 2.24) is 10.4 Å². The molecule has 0 radical (unpaired) electrons. The van der Waals surface area contributed by atoms with Crippen LogP contribution in [0.1, 0.15) is 27.0 Å². The standard InChI is InChI=1S/C33H29N3O4/c1-22-8-4-5-9-27(22)31-19-29(28-10-6-7-11-30(28)35-31)33(37)36-34-20-23-12-17-32(39-3)24(18-23)21-40-26-15-13-25(38-2)14-16-26/h4-20H,21H2,1-3H3,(H,36,37)/b34-20+. The minimum atomic E-state index is -0.318. The van der Waals surface area contributed by atoms with Crippen LogP contribution in [0.25, 0.3) is 22.2 Å². The van der Waals surface area contributed by atoms with Crippen LogP contribution in [0.4, 0.5) is 0 Å². The Morgan fingerprint density at radius 3 is 2.40 bits per heavy atom. The summed E-state index contributed by atoms with van der Waals surface area (Å²) in [7, 11) is 3.24. The van der Waals surface area contributed by atoms with E-state index in [1.807, 2.05) is 104 Å². The average Bonchev–Trinajstić information content (AvgIpc) is 3.00. The fourth-order valence-electron chi connectivity index (χ4n) is 4.41. The number of hydrogen-bond donors (Lipinski definition) is 1. The molecule has 0 atom stereocenters. The molecule has 4 aromatic carbocycles. The molecule has 5 aromatic rings. The maximum Gasteiger partial charge on any atom is 0.272 e.